The van der Waals surface area contributed by atoms with Crippen molar-refractivity contribution in [2.24, 2.45) is 11.8 Å². The van der Waals surface area contributed by atoms with Gasteiger partial charge in [-0.15, -0.1) is 0 Å². The highest BCUT2D eigenvalue weighted by atomic mass is 16.5. The number of hydrogen-bond donors (Lipinski definition) is 0. The average molecular weight is 141 g/mol. The third-order valence-electron chi connectivity index (χ3n) is 2.80. The fourth-order valence-corrected chi connectivity index (χ4v) is 2.12. The second-order valence-electron chi connectivity index (χ2n) is 3.73. The second-order valence-corrected chi connectivity index (χ2v) is 3.73. The van der Waals surface area contributed by atoms with E-state index < -0.39 is 0 Å². The van der Waals surface area contributed by atoms with Crippen molar-refractivity contribution in [2.45, 2.75) is 13.0 Å². The monoisotopic (exact) mass is 141 g/mol. The van der Waals surface area contributed by atoms with Gasteiger partial charge >= 0.3 is 0 Å². The third-order valence-corrected chi connectivity index (χ3v) is 2.80. The van der Waals surface area contributed by atoms with E-state index in [2.05, 4.69) is 18.9 Å². The van der Waals surface area contributed by atoms with Gasteiger partial charge < -0.3 is 9.64 Å². The van der Waals surface area contributed by atoms with Gasteiger partial charge in [0.25, 0.3) is 0 Å². The van der Waals surface area contributed by atoms with Gasteiger partial charge in [-0.2, -0.15) is 0 Å². The van der Waals surface area contributed by atoms with Crippen LogP contribution in [-0.2, 0) is 4.74 Å². The Labute approximate surface area is 62.2 Å². The third kappa shape index (κ3) is 0.867. The summed E-state index contributed by atoms with van der Waals surface area (Å²) in [5.41, 5.74) is 0. The van der Waals surface area contributed by atoms with E-state index in [1.807, 2.05) is 0 Å². The number of fused-ring (bicyclic) bond motifs is 1. The van der Waals surface area contributed by atoms with E-state index in [9.17, 15) is 0 Å². The Morgan fingerprint density at radius 2 is 2.20 bits per heavy atom. The van der Waals surface area contributed by atoms with Gasteiger partial charge in [0.1, 0.15) is 0 Å². The maximum atomic E-state index is 5.62. The first-order chi connectivity index (χ1) is 4.77. The van der Waals surface area contributed by atoms with Crippen molar-refractivity contribution in [1.82, 2.24) is 4.90 Å². The predicted molar refractivity (Wildman–Crippen MR) is 39.9 cm³/mol. The smallest absolute Gasteiger partial charge is 0.0745 e. The Bertz CT molecular complexity index is 137. The molecule has 3 atom stereocenters. The number of likely N-dealkylation sites (N-methyl/N-ethyl adjacent to an activating group) is 1. The van der Waals surface area contributed by atoms with Crippen LogP contribution in [0.15, 0.2) is 0 Å². The van der Waals surface area contributed by atoms with E-state index in [0.717, 1.165) is 25.0 Å². The van der Waals surface area contributed by atoms with Crippen LogP contribution in [0.2, 0.25) is 0 Å². The molecule has 0 amide bonds. The lowest BCUT2D eigenvalue weighted by molar-refractivity contribution is 0.0994. The summed E-state index contributed by atoms with van der Waals surface area (Å²) in [6, 6.07) is 0. The highest BCUT2D eigenvalue weighted by molar-refractivity contribution is 4.90. The molecule has 0 bridgehead atoms. The Hall–Kier alpha value is -0.0800. The lowest BCUT2D eigenvalue weighted by Crippen LogP contribution is -2.18. The Morgan fingerprint density at radius 3 is 2.90 bits per heavy atom. The number of rotatable bonds is 0. The molecular weight excluding hydrogens is 126 g/mol. The molecule has 0 aliphatic carbocycles. The van der Waals surface area contributed by atoms with Crippen LogP contribution in [-0.4, -0.2) is 37.7 Å². The normalized spacial score (nSPS) is 48.0. The van der Waals surface area contributed by atoms with Crippen LogP contribution < -0.4 is 0 Å². The van der Waals surface area contributed by atoms with Crippen LogP contribution in [0, 0.1) is 11.8 Å². The van der Waals surface area contributed by atoms with Crippen molar-refractivity contribution in [1.29, 1.82) is 0 Å². The van der Waals surface area contributed by atoms with E-state index in [0.29, 0.717) is 6.10 Å². The topological polar surface area (TPSA) is 12.5 Å². The quantitative estimate of drug-likeness (QED) is 0.489. The second kappa shape index (κ2) is 2.21. The summed E-state index contributed by atoms with van der Waals surface area (Å²) in [6.45, 7) is 5.67. The van der Waals surface area contributed by atoms with Gasteiger partial charge in [-0.3, -0.25) is 0 Å². The number of ether oxygens (including phenoxy) is 1. The minimum absolute atomic E-state index is 0.556. The van der Waals surface area contributed by atoms with E-state index >= 15 is 0 Å². The molecule has 0 aromatic rings. The van der Waals surface area contributed by atoms with Crippen molar-refractivity contribution in [2.75, 3.05) is 26.7 Å². The molecule has 2 nitrogen and oxygen atoms in total. The first-order valence-corrected chi connectivity index (χ1v) is 4.07. The van der Waals surface area contributed by atoms with Gasteiger partial charge in [-0.05, 0) is 13.0 Å². The van der Waals surface area contributed by atoms with Crippen LogP contribution in [0.1, 0.15) is 6.92 Å². The molecule has 0 N–H and O–H groups in total. The zero-order valence-electron chi connectivity index (χ0n) is 6.71. The summed E-state index contributed by atoms with van der Waals surface area (Å²) in [6.07, 6.45) is 0.556. The zero-order valence-corrected chi connectivity index (χ0v) is 6.71. The molecule has 0 radical (unpaired) electrons. The maximum absolute atomic E-state index is 5.62. The van der Waals surface area contributed by atoms with Gasteiger partial charge in [-0.25, -0.2) is 0 Å². The van der Waals surface area contributed by atoms with Crippen LogP contribution in [0.5, 0.6) is 0 Å². The van der Waals surface area contributed by atoms with Crippen LogP contribution in [0.3, 0.4) is 0 Å². The fraction of sp³-hybridized carbons (Fsp3) is 1.00. The molecule has 3 unspecified atom stereocenters. The van der Waals surface area contributed by atoms with Crippen LogP contribution >= 0.6 is 0 Å². The minimum Gasteiger partial charge on any atom is -0.376 e. The van der Waals surface area contributed by atoms with Crippen molar-refractivity contribution < 1.29 is 4.74 Å². The Morgan fingerprint density at radius 1 is 1.40 bits per heavy atom. The molecule has 58 valence electrons. The summed E-state index contributed by atoms with van der Waals surface area (Å²) in [5, 5.41) is 0. The summed E-state index contributed by atoms with van der Waals surface area (Å²) in [5.74, 6) is 1.61. The first kappa shape index (κ1) is 6.62. The van der Waals surface area contributed by atoms with E-state index in [-0.39, 0.29) is 0 Å². The molecule has 2 rings (SSSR count). The summed E-state index contributed by atoms with van der Waals surface area (Å²) in [4.78, 5) is 2.37. The van der Waals surface area contributed by atoms with Crippen molar-refractivity contribution in [3.63, 3.8) is 0 Å². The lowest BCUT2D eigenvalue weighted by Gasteiger charge is -2.10. The van der Waals surface area contributed by atoms with Crippen molar-refractivity contribution >= 4 is 0 Å². The van der Waals surface area contributed by atoms with E-state index in [1.54, 1.807) is 0 Å². The summed E-state index contributed by atoms with van der Waals surface area (Å²) in [7, 11) is 2.17. The molecule has 2 heterocycles. The average Bonchev–Trinajstić information content (AvgIpc) is 2.35. The van der Waals surface area contributed by atoms with Gasteiger partial charge in [0.15, 0.2) is 0 Å². The predicted octanol–water partition coefficient (Wildman–Crippen LogP) is 0.583. The number of nitrogens with zero attached hydrogens (tertiary/aromatic N) is 1. The largest absolute Gasteiger partial charge is 0.376 e. The first-order valence-electron chi connectivity index (χ1n) is 4.07. The minimum atomic E-state index is 0.556. The molecule has 2 fully saturated rings. The van der Waals surface area contributed by atoms with E-state index in [4.69, 9.17) is 4.74 Å². The molecule has 0 aromatic carbocycles. The highest BCUT2D eigenvalue weighted by Crippen LogP contribution is 2.32. The molecule has 0 aromatic heterocycles. The van der Waals surface area contributed by atoms with Gasteiger partial charge in [0.2, 0.25) is 0 Å². The van der Waals surface area contributed by atoms with Crippen LogP contribution in [0.25, 0.3) is 0 Å². The van der Waals surface area contributed by atoms with Gasteiger partial charge in [-0.1, -0.05) is 6.92 Å². The zero-order chi connectivity index (χ0) is 7.14. The SMILES string of the molecule is CC1COC2CN(C)CC12. The maximum Gasteiger partial charge on any atom is 0.0745 e. The highest BCUT2D eigenvalue weighted by Gasteiger charge is 2.40. The molecule has 0 saturated carbocycles. The standard InChI is InChI=1S/C8H15NO/c1-6-5-10-8-4-9(2)3-7(6)8/h6-8H,3-5H2,1-2H3. The Kier molecular flexibility index (Phi) is 1.46. The molecule has 2 heteroatoms. The number of hydrogen-bond acceptors (Lipinski definition) is 2. The van der Waals surface area contributed by atoms with Crippen molar-refractivity contribution in [3.05, 3.63) is 0 Å². The molecule has 2 aliphatic rings. The molecule has 2 aliphatic heterocycles. The fourth-order valence-electron chi connectivity index (χ4n) is 2.12. The Balaban J connectivity index is 2.05. The van der Waals surface area contributed by atoms with Gasteiger partial charge in [0, 0.05) is 25.6 Å². The molecule has 0 spiro atoms. The molecular formula is C8H15NO. The molecule has 10 heavy (non-hydrogen) atoms. The lowest BCUT2D eigenvalue weighted by atomic mass is 9.95. The number of likely N-dealkylation sites (tertiary alicyclic amines) is 1. The van der Waals surface area contributed by atoms with E-state index in [1.165, 1.54) is 6.54 Å². The summed E-state index contributed by atoms with van der Waals surface area (Å²) >= 11 is 0. The molecule has 2 saturated heterocycles. The summed E-state index contributed by atoms with van der Waals surface area (Å²) < 4.78 is 5.62. The van der Waals surface area contributed by atoms with Gasteiger partial charge in [0.05, 0.1) is 6.10 Å². The van der Waals surface area contributed by atoms with Crippen LogP contribution in [0.4, 0.5) is 0 Å². The van der Waals surface area contributed by atoms with Crippen molar-refractivity contribution in [3.8, 4) is 0 Å².